The number of rotatable bonds is 3. The van der Waals surface area contributed by atoms with Crippen LogP contribution in [0.5, 0.6) is 0 Å². The molecule has 0 spiro atoms. The van der Waals surface area contributed by atoms with Crippen molar-refractivity contribution in [1.82, 2.24) is 5.32 Å². The van der Waals surface area contributed by atoms with Gasteiger partial charge in [0.05, 0.1) is 12.3 Å². The van der Waals surface area contributed by atoms with Crippen molar-refractivity contribution >= 4 is 23.0 Å². The fourth-order valence-electron chi connectivity index (χ4n) is 1.79. The number of hydrogen-bond acceptors (Lipinski definition) is 2. The van der Waals surface area contributed by atoms with Crippen molar-refractivity contribution < 1.29 is 4.42 Å². The second-order valence-corrected chi connectivity index (χ2v) is 5.04. The van der Waals surface area contributed by atoms with Crippen molar-refractivity contribution in [2.75, 3.05) is 5.32 Å². The van der Waals surface area contributed by atoms with Gasteiger partial charge in [0.2, 0.25) is 0 Å². The maximum absolute atomic E-state index is 5.33. The molecule has 1 atom stereocenters. The molecule has 1 aromatic heterocycles. The van der Waals surface area contributed by atoms with E-state index in [0.717, 1.165) is 11.4 Å². The smallest absolute Gasteiger partial charge is 0.171 e. The highest BCUT2D eigenvalue weighted by Gasteiger charge is 2.09. The zero-order chi connectivity index (χ0) is 13.8. The highest BCUT2D eigenvalue weighted by Crippen LogP contribution is 2.15. The number of benzene rings is 1. The van der Waals surface area contributed by atoms with Gasteiger partial charge in [0, 0.05) is 5.69 Å². The molecule has 0 saturated carbocycles. The minimum absolute atomic E-state index is 0.0431. The Hall–Kier alpha value is -1.81. The van der Waals surface area contributed by atoms with Crippen molar-refractivity contribution in [1.29, 1.82) is 0 Å². The molecule has 19 heavy (non-hydrogen) atoms. The van der Waals surface area contributed by atoms with Gasteiger partial charge in [-0.05, 0) is 68.4 Å². The number of nitrogens with one attached hydrogen (secondary N) is 2. The zero-order valence-electron chi connectivity index (χ0n) is 11.4. The molecule has 0 aliphatic carbocycles. The second-order valence-electron chi connectivity index (χ2n) is 4.63. The lowest BCUT2D eigenvalue weighted by atomic mass is 10.1. The van der Waals surface area contributed by atoms with Gasteiger partial charge < -0.3 is 15.1 Å². The van der Waals surface area contributed by atoms with Gasteiger partial charge in [0.1, 0.15) is 5.76 Å². The average Bonchev–Trinajstić information content (AvgIpc) is 2.87. The maximum Gasteiger partial charge on any atom is 0.171 e. The summed E-state index contributed by atoms with van der Waals surface area (Å²) in [6.07, 6.45) is 1.66. The first kappa shape index (κ1) is 13.6. The molecule has 2 aromatic rings. The molecule has 4 heteroatoms. The Balaban J connectivity index is 1.95. The van der Waals surface area contributed by atoms with Gasteiger partial charge >= 0.3 is 0 Å². The van der Waals surface area contributed by atoms with Crippen molar-refractivity contribution in [3.8, 4) is 0 Å². The van der Waals surface area contributed by atoms with Crippen molar-refractivity contribution in [3.63, 3.8) is 0 Å². The van der Waals surface area contributed by atoms with E-state index < -0.39 is 0 Å². The molecule has 0 aliphatic heterocycles. The van der Waals surface area contributed by atoms with E-state index in [1.54, 1.807) is 6.26 Å². The molecule has 2 N–H and O–H groups in total. The van der Waals surface area contributed by atoms with Crippen LogP contribution in [0.15, 0.2) is 41.0 Å². The van der Waals surface area contributed by atoms with E-state index in [9.17, 15) is 0 Å². The first-order valence-corrected chi connectivity index (χ1v) is 6.65. The summed E-state index contributed by atoms with van der Waals surface area (Å²) in [5.41, 5.74) is 3.51. The first-order chi connectivity index (χ1) is 9.06. The standard InChI is InChI=1S/C15H18N2OS/c1-10-6-7-13(9-11(10)2)17-15(19)16-12(3)14-5-4-8-18-14/h4-9,12H,1-3H3,(H2,16,17,19)/t12-/m0/s1. The number of thiocarbonyl (C=S) groups is 1. The summed E-state index contributed by atoms with van der Waals surface area (Å²) in [6, 6.07) is 10.0. The normalized spacial score (nSPS) is 11.9. The molecule has 1 heterocycles. The summed E-state index contributed by atoms with van der Waals surface area (Å²) in [4.78, 5) is 0. The number of anilines is 1. The maximum atomic E-state index is 5.33. The van der Waals surface area contributed by atoms with Crippen LogP contribution in [0.3, 0.4) is 0 Å². The van der Waals surface area contributed by atoms with Crippen LogP contribution in [0, 0.1) is 13.8 Å². The fourth-order valence-corrected chi connectivity index (χ4v) is 2.09. The molecule has 3 nitrogen and oxygen atoms in total. The topological polar surface area (TPSA) is 37.2 Å². The third-order valence-electron chi connectivity index (χ3n) is 3.08. The molecular weight excluding hydrogens is 256 g/mol. The van der Waals surface area contributed by atoms with E-state index >= 15 is 0 Å². The van der Waals surface area contributed by atoms with Gasteiger partial charge in [-0.3, -0.25) is 0 Å². The predicted molar refractivity (Wildman–Crippen MR) is 82.4 cm³/mol. The van der Waals surface area contributed by atoms with E-state index in [0.29, 0.717) is 5.11 Å². The zero-order valence-corrected chi connectivity index (χ0v) is 12.2. The summed E-state index contributed by atoms with van der Waals surface area (Å²) in [5, 5.41) is 6.96. The average molecular weight is 274 g/mol. The molecule has 2 rings (SSSR count). The Morgan fingerprint density at radius 3 is 2.63 bits per heavy atom. The van der Waals surface area contributed by atoms with E-state index in [4.69, 9.17) is 16.6 Å². The lowest BCUT2D eigenvalue weighted by molar-refractivity contribution is 0.464. The number of furan rings is 1. The van der Waals surface area contributed by atoms with Crippen LogP contribution in [0.25, 0.3) is 0 Å². The first-order valence-electron chi connectivity index (χ1n) is 6.24. The molecule has 0 unspecified atom stereocenters. The molecule has 0 radical (unpaired) electrons. The van der Waals surface area contributed by atoms with Gasteiger partial charge in [0.25, 0.3) is 0 Å². The van der Waals surface area contributed by atoms with E-state index in [1.165, 1.54) is 11.1 Å². The summed E-state index contributed by atoms with van der Waals surface area (Å²) in [7, 11) is 0. The number of hydrogen-bond donors (Lipinski definition) is 2. The monoisotopic (exact) mass is 274 g/mol. The van der Waals surface area contributed by atoms with Crippen LogP contribution in [0.1, 0.15) is 29.9 Å². The lowest BCUT2D eigenvalue weighted by Gasteiger charge is -2.15. The van der Waals surface area contributed by atoms with Crippen LogP contribution in [0.2, 0.25) is 0 Å². The third-order valence-corrected chi connectivity index (χ3v) is 3.30. The quantitative estimate of drug-likeness (QED) is 0.831. The van der Waals surface area contributed by atoms with Gasteiger partial charge in [-0.15, -0.1) is 0 Å². The van der Waals surface area contributed by atoms with E-state index in [2.05, 4.69) is 36.6 Å². The molecule has 0 amide bonds. The molecule has 0 bridgehead atoms. The molecule has 0 saturated heterocycles. The Morgan fingerprint density at radius 1 is 1.21 bits per heavy atom. The van der Waals surface area contributed by atoms with Gasteiger partial charge in [-0.25, -0.2) is 0 Å². The van der Waals surface area contributed by atoms with Gasteiger partial charge in [-0.1, -0.05) is 6.07 Å². The SMILES string of the molecule is Cc1ccc(NC(=S)N[C@@H](C)c2ccco2)cc1C. The molecule has 1 aromatic carbocycles. The van der Waals surface area contributed by atoms with Crippen LogP contribution >= 0.6 is 12.2 Å². The van der Waals surface area contributed by atoms with Crippen LogP contribution < -0.4 is 10.6 Å². The van der Waals surface area contributed by atoms with Crippen molar-refractivity contribution in [2.24, 2.45) is 0 Å². The highest BCUT2D eigenvalue weighted by atomic mass is 32.1. The van der Waals surface area contributed by atoms with Gasteiger partial charge in [-0.2, -0.15) is 0 Å². The minimum Gasteiger partial charge on any atom is -0.467 e. The molecule has 0 aliphatic rings. The number of aryl methyl sites for hydroxylation is 2. The molecule has 0 fully saturated rings. The second kappa shape index (κ2) is 5.89. The van der Waals surface area contributed by atoms with Crippen molar-refractivity contribution in [2.45, 2.75) is 26.8 Å². The summed E-state index contributed by atoms with van der Waals surface area (Å²) < 4.78 is 5.33. The summed E-state index contributed by atoms with van der Waals surface area (Å²) in [6.45, 7) is 6.18. The Bertz CT molecular complexity index is 564. The highest BCUT2D eigenvalue weighted by molar-refractivity contribution is 7.80. The van der Waals surface area contributed by atoms with Crippen LogP contribution in [-0.4, -0.2) is 5.11 Å². The third kappa shape index (κ3) is 3.58. The van der Waals surface area contributed by atoms with E-state index in [-0.39, 0.29) is 6.04 Å². The Kier molecular flexibility index (Phi) is 4.22. The Morgan fingerprint density at radius 2 is 2.00 bits per heavy atom. The van der Waals surface area contributed by atoms with Crippen LogP contribution in [-0.2, 0) is 0 Å². The van der Waals surface area contributed by atoms with Crippen LogP contribution in [0.4, 0.5) is 5.69 Å². The van der Waals surface area contributed by atoms with E-state index in [1.807, 2.05) is 25.1 Å². The molecule has 100 valence electrons. The largest absolute Gasteiger partial charge is 0.467 e. The fraction of sp³-hybridized carbons (Fsp3) is 0.267. The lowest BCUT2D eigenvalue weighted by Crippen LogP contribution is -2.30. The Labute approximate surface area is 119 Å². The summed E-state index contributed by atoms with van der Waals surface area (Å²) >= 11 is 5.30. The predicted octanol–water partition coefficient (Wildman–Crippen LogP) is 3.94. The summed E-state index contributed by atoms with van der Waals surface area (Å²) in [5.74, 6) is 0.865. The van der Waals surface area contributed by atoms with Crippen molar-refractivity contribution in [3.05, 3.63) is 53.5 Å². The molecular formula is C15H18N2OS. The minimum atomic E-state index is 0.0431. The van der Waals surface area contributed by atoms with Gasteiger partial charge in [0.15, 0.2) is 5.11 Å².